The number of ether oxygens (including phenoxy) is 1. The number of hydrogen-bond donors (Lipinski definition) is 0. The summed E-state index contributed by atoms with van der Waals surface area (Å²) in [7, 11) is -3.88. The highest BCUT2D eigenvalue weighted by atomic mass is 32.2. The van der Waals surface area contributed by atoms with Gasteiger partial charge in [0.05, 0.1) is 22.7 Å². The molecule has 3 aromatic carbocycles. The maximum atomic E-state index is 13.8. The fourth-order valence-corrected chi connectivity index (χ4v) is 7.09. The molecule has 0 atom stereocenters. The summed E-state index contributed by atoms with van der Waals surface area (Å²) in [5, 5.41) is 0.964. The highest BCUT2D eigenvalue weighted by molar-refractivity contribution is 7.89. The Kier molecular flexibility index (Phi) is 5.73. The second-order valence-electron chi connectivity index (χ2n) is 9.29. The molecule has 3 aliphatic heterocycles. The second-order valence-corrected chi connectivity index (χ2v) is 11.2. The van der Waals surface area contributed by atoms with Gasteiger partial charge >= 0.3 is 6.09 Å². The molecular weight excluding hydrogens is 494 g/mol. The molecule has 0 bridgehead atoms. The summed E-state index contributed by atoms with van der Waals surface area (Å²) in [5.41, 5.74) is 2.11. The number of hydrogen-bond acceptors (Lipinski definition) is 6. The number of nitrogens with zero attached hydrogens (tertiary/aromatic N) is 3. The van der Waals surface area contributed by atoms with Gasteiger partial charge in [0.15, 0.2) is 0 Å². The van der Waals surface area contributed by atoms with Crippen molar-refractivity contribution in [2.45, 2.75) is 36.8 Å². The van der Waals surface area contributed by atoms with Crippen LogP contribution in [0.4, 0.5) is 16.2 Å². The van der Waals surface area contributed by atoms with Crippen LogP contribution < -0.4 is 9.80 Å². The number of carbonyl (C=O) groups is 3. The van der Waals surface area contributed by atoms with Crippen molar-refractivity contribution < 1.29 is 27.5 Å². The van der Waals surface area contributed by atoms with Crippen molar-refractivity contribution in [3.05, 3.63) is 72.6 Å². The third kappa shape index (κ3) is 3.87. The van der Waals surface area contributed by atoms with E-state index in [2.05, 4.69) is 0 Å². The lowest BCUT2D eigenvalue weighted by Crippen LogP contribution is -2.50. The molecule has 3 aliphatic rings. The van der Waals surface area contributed by atoms with Gasteiger partial charge in [0.25, 0.3) is 0 Å². The minimum atomic E-state index is -3.88. The van der Waals surface area contributed by atoms with Gasteiger partial charge in [0.1, 0.15) is 6.61 Å². The van der Waals surface area contributed by atoms with E-state index in [1.165, 1.54) is 10.7 Å². The van der Waals surface area contributed by atoms with E-state index in [0.717, 1.165) is 16.2 Å². The highest BCUT2D eigenvalue weighted by Gasteiger charge is 2.38. The van der Waals surface area contributed by atoms with Gasteiger partial charge in [-0.15, -0.1) is 0 Å². The minimum absolute atomic E-state index is 0.0250. The molecule has 0 unspecified atom stereocenters. The normalized spacial score (nSPS) is 19.4. The summed E-state index contributed by atoms with van der Waals surface area (Å²) in [4.78, 5) is 40.1. The molecule has 3 heterocycles. The molecule has 10 heteroatoms. The fraction of sp³-hybridized carbons (Fsp3) is 0.259. The number of carbonyl (C=O) groups excluding carboxylic acids is 3. The SMILES string of the molecule is O=C1[CH]CC(=O)N1c1cccc2c(S(=O)(=O)N3CCC(N4C(=O)OCc5ccccc54)CC3)cccc12. The predicted molar refractivity (Wildman–Crippen MR) is 136 cm³/mol. The van der Waals surface area contributed by atoms with Crippen LogP contribution in [-0.2, 0) is 31.0 Å². The molecular formula is C27H24N3O6S. The minimum Gasteiger partial charge on any atom is -0.444 e. The molecule has 2 fully saturated rings. The summed E-state index contributed by atoms with van der Waals surface area (Å²) in [6.07, 6.45) is 1.86. The summed E-state index contributed by atoms with van der Waals surface area (Å²) < 4.78 is 34.3. The van der Waals surface area contributed by atoms with Crippen molar-refractivity contribution in [1.82, 2.24) is 4.31 Å². The lowest BCUT2D eigenvalue weighted by atomic mass is 10.0. The van der Waals surface area contributed by atoms with Crippen LogP contribution in [0.3, 0.4) is 0 Å². The van der Waals surface area contributed by atoms with E-state index < -0.39 is 22.0 Å². The Balaban J connectivity index is 1.28. The molecule has 0 saturated carbocycles. The number of fused-ring (bicyclic) bond motifs is 2. The van der Waals surface area contributed by atoms with Crippen molar-refractivity contribution in [1.29, 1.82) is 0 Å². The molecule has 2 saturated heterocycles. The van der Waals surface area contributed by atoms with Crippen LogP contribution >= 0.6 is 0 Å². The largest absolute Gasteiger partial charge is 0.444 e. The Morgan fingerprint density at radius 1 is 0.811 bits per heavy atom. The molecule has 3 aromatic rings. The summed E-state index contributed by atoms with van der Waals surface area (Å²) in [6.45, 7) is 0.717. The molecule has 0 N–H and O–H groups in total. The average Bonchev–Trinajstić information content (AvgIpc) is 3.25. The Morgan fingerprint density at radius 3 is 2.27 bits per heavy atom. The molecule has 3 amide bonds. The van der Waals surface area contributed by atoms with E-state index in [1.807, 2.05) is 24.3 Å². The third-order valence-electron chi connectivity index (χ3n) is 7.23. The van der Waals surface area contributed by atoms with E-state index in [0.29, 0.717) is 29.3 Å². The molecule has 9 nitrogen and oxygen atoms in total. The quantitative estimate of drug-likeness (QED) is 0.489. The van der Waals surface area contributed by atoms with Crippen molar-refractivity contribution in [2.24, 2.45) is 0 Å². The fourth-order valence-electron chi connectivity index (χ4n) is 5.42. The number of imide groups is 1. The molecule has 0 spiro atoms. The Morgan fingerprint density at radius 2 is 1.51 bits per heavy atom. The van der Waals surface area contributed by atoms with Gasteiger partial charge in [-0.1, -0.05) is 42.5 Å². The maximum Gasteiger partial charge on any atom is 0.414 e. The number of benzene rings is 3. The number of sulfonamides is 1. The zero-order valence-corrected chi connectivity index (χ0v) is 20.7. The molecule has 6 rings (SSSR count). The first kappa shape index (κ1) is 23.6. The van der Waals surface area contributed by atoms with Crippen LogP contribution in [0, 0.1) is 6.42 Å². The van der Waals surface area contributed by atoms with Crippen molar-refractivity contribution in [3.8, 4) is 0 Å². The molecule has 0 aliphatic carbocycles. The Hall–Kier alpha value is -3.76. The van der Waals surface area contributed by atoms with E-state index >= 15 is 0 Å². The molecule has 1 radical (unpaired) electrons. The van der Waals surface area contributed by atoms with Crippen LogP contribution in [0.1, 0.15) is 24.8 Å². The molecule has 37 heavy (non-hydrogen) atoms. The van der Waals surface area contributed by atoms with Gasteiger partial charge < -0.3 is 4.74 Å². The monoisotopic (exact) mass is 518 g/mol. The standard InChI is InChI=1S/C27H24N3O6S/c31-25-11-12-26(32)30(25)23-9-3-7-21-20(23)6-4-10-24(21)37(34,35)28-15-13-19(14-16-28)29-22-8-2-1-5-18(22)17-36-27(29)33/h1-11,19H,12-17H2. The van der Waals surface area contributed by atoms with Crippen LogP contribution in [0.5, 0.6) is 0 Å². The number of cyclic esters (lactones) is 1. The van der Waals surface area contributed by atoms with Crippen LogP contribution in [0.2, 0.25) is 0 Å². The van der Waals surface area contributed by atoms with Gasteiger partial charge in [-0.3, -0.25) is 14.5 Å². The number of para-hydroxylation sites is 1. The maximum absolute atomic E-state index is 13.8. The van der Waals surface area contributed by atoms with Crippen molar-refractivity contribution >= 4 is 50.1 Å². The second kappa shape index (κ2) is 8.97. The zero-order chi connectivity index (χ0) is 25.7. The first-order valence-electron chi connectivity index (χ1n) is 12.1. The van der Waals surface area contributed by atoms with E-state index in [4.69, 9.17) is 4.74 Å². The number of rotatable bonds is 4. The first-order chi connectivity index (χ1) is 17.9. The van der Waals surface area contributed by atoms with Gasteiger partial charge in [-0.05, 0) is 31.0 Å². The Bertz CT molecular complexity index is 1530. The number of amides is 3. The van der Waals surface area contributed by atoms with Crippen molar-refractivity contribution in [2.75, 3.05) is 22.9 Å². The van der Waals surface area contributed by atoms with Crippen LogP contribution in [0.25, 0.3) is 10.8 Å². The zero-order valence-electron chi connectivity index (χ0n) is 19.9. The van der Waals surface area contributed by atoms with Gasteiger partial charge in [-0.25, -0.2) is 18.1 Å². The van der Waals surface area contributed by atoms with Crippen LogP contribution in [0.15, 0.2) is 65.6 Å². The topological polar surface area (TPSA) is 104 Å². The summed E-state index contributed by atoms with van der Waals surface area (Å²) >= 11 is 0. The number of anilines is 2. The van der Waals surface area contributed by atoms with Crippen LogP contribution in [-0.4, -0.2) is 49.8 Å². The first-order valence-corrected chi connectivity index (χ1v) is 13.6. The van der Waals surface area contributed by atoms with E-state index in [1.54, 1.807) is 41.3 Å². The highest BCUT2D eigenvalue weighted by Crippen LogP contribution is 2.36. The lowest BCUT2D eigenvalue weighted by Gasteiger charge is -2.39. The van der Waals surface area contributed by atoms with Gasteiger partial charge in [0, 0.05) is 41.9 Å². The summed E-state index contributed by atoms with van der Waals surface area (Å²) in [5.74, 6) is -0.753. The average molecular weight is 519 g/mol. The summed E-state index contributed by atoms with van der Waals surface area (Å²) in [6, 6.07) is 17.3. The molecule has 189 valence electrons. The lowest BCUT2D eigenvalue weighted by molar-refractivity contribution is -0.120. The van der Waals surface area contributed by atoms with E-state index in [-0.39, 0.29) is 43.0 Å². The van der Waals surface area contributed by atoms with Crippen molar-refractivity contribution in [3.63, 3.8) is 0 Å². The smallest absolute Gasteiger partial charge is 0.414 e. The van der Waals surface area contributed by atoms with Gasteiger partial charge in [-0.2, -0.15) is 4.31 Å². The third-order valence-corrected chi connectivity index (χ3v) is 9.18. The van der Waals surface area contributed by atoms with Gasteiger partial charge in [0.2, 0.25) is 21.8 Å². The number of piperidine rings is 1. The Labute approximate surface area is 214 Å². The predicted octanol–water partition coefficient (Wildman–Crippen LogP) is 3.62. The molecule has 0 aromatic heterocycles. The van der Waals surface area contributed by atoms with E-state index in [9.17, 15) is 22.8 Å².